The van der Waals surface area contributed by atoms with Crippen LogP contribution in [0.2, 0.25) is 0 Å². The molecule has 0 saturated heterocycles. The van der Waals surface area contributed by atoms with Gasteiger partial charge in [-0.15, -0.1) is 10.2 Å². The second-order valence-electron chi connectivity index (χ2n) is 7.14. The van der Waals surface area contributed by atoms with Gasteiger partial charge in [-0.05, 0) is 44.4 Å². The van der Waals surface area contributed by atoms with Crippen LogP contribution >= 0.6 is 11.8 Å². The quantitative estimate of drug-likeness (QED) is 0.735. The van der Waals surface area contributed by atoms with Crippen molar-refractivity contribution in [1.82, 2.24) is 20.1 Å². The van der Waals surface area contributed by atoms with E-state index in [4.69, 9.17) is 0 Å². The Bertz CT molecular complexity index is 770. The number of nitrogens with one attached hydrogen (secondary N) is 1. The van der Waals surface area contributed by atoms with E-state index in [1.807, 2.05) is 13.8 Å². The Balaban J connectivity index is 1.65. The van der Waals surface area contributed by atoms with Crippen molar-refractivity contribution in [3.63, 3.8) is 0 Å². The summed E-state index contributed by atoms with van der Waals surface area (Å²) in [4.78, 5) is 12.6. The van der Waals surface area contributed by atoms with Gasteiger partial charge in [0.05, 0.1) is 11.3 Å². The molecular weight excluding hydrogens is 351 g/mol. The smallest absolute Gasteiger partial charge is 0.233 e. The maximum absolute atomic E-state index is 13.0. The van der Waals surface area contributed by atoms with Gasteiger partial charge in [-0.2, -0.15) is 0 Å². The third-order valence-corrected chi connectivity index (χ3v) is 5.56. The number of carbonyl (C=O) groups is 1. The molecule has 1 saturated carbocycles. The van der Waals surface area contributed by atoms with E-state index in [1.165, 1.54) is 23.9 Å². The zero-order chi connectivity index (χ0) is 18.8. The molecule has 140 valence electrons. The number of halogens is 1. The van der Waals surface area contributed by atoms with Gasteiger partial charge in [-0.3, -0.25) is 4.79 Å². The van der Waals surface area contributed by atoms with Crippen LogP contribution in [0.15, 0.2) is 29.4 Å². The fourth-order valence-corrected chi connectivity index (χ4v) is 3.75. The molecule has 5 nitrogen and oxygen atoms in total. The number of aromatic nitrogens is 3. The molecule has 0 radical (unpaired) electrons. The third kappa shape index (κ3) is 4.26. The van der Waals surface area contributed by atoms with E-state index in [2.05, 4.69) is 33.9 Å². The predicted molar refractivity (Wildman–Crippen MR) is 101 cm³/mol. The Hall–Kier alpha value is -1.89. The molecule has 0 spiro atoms. The molecule has 0 bridgehead atoms. The molecule has 3 rings (SSSR count). The van der Waals surface area contributed by atoms with Gasteiger partial charge < -0.3 is 9.88 Å². The van der Waals surface area contributed by atoms with Crippen LogP contribution < -0.4 is 5.32 Å². The monoisotopic (exact) mass is 376 g/mol. The summed E-state index contributed by atoms with van der Waals surface area (Å²) in [6.07, 6.45) is 2.29. The minimum absolute atomic E-state index is 0.0664. The second kappa shape index (κ2) is 7.78. The molecule has 1 N–H and O–H groups in total. The SMILES string of the molecule is CC(Sc1nnc(C(C)C)n1C1CC1)C(=O)NC(C)c1ccc(F)cc1. The zero-order valence-corrected chi connectivity index (χ0v) is 16.4. The van der Waals surface area contributed by atoms with Crippen molar-refractivity contribution in [1.29, 1.82) is 0 Å². The van der Waals surface area contributed by atoms with E-state index >= 15 is 0 Å². The van der Waals surface area contributed by atoms with E-state index in [0.717, 1.165) is 29.4 Å². The van der Waals surface area contributed by atoms with Crippen molar-refractivity contribution >= 4 is 17.7 Å². The van der Waals surface area contributed by atoms with Crippen LogP contribution in [0.3, 0.4) is 0 Å². The molecule has 1 aliphatic rings. The third-order valence-electron chi connectivity index (χ3n) is 4.50. The van der Waals surface area contributed by atoms with Gasteiger partial charge in [0.25, 0.3) is 0 Å². The summed E-state index contributed by atoms with van der Waals surface area (Å²) in [5, 5.41) is 12.2. The Kier molecular flexibility index (Phi) is 5.65. The summed E-state index contributed by atoms with van der Waals surface area (Å²) in [6, 6.07) is 6.48. The molecule has 1 aromatic carbocycles. The average Bonchev–Trinajstić information content (AvgIpc) is 3.35. The summed E-state index contributed by atoms with van der Waals surface area (Å²) < 4.78 is 15.2. The van der Waals surface area contributed by atoms with Crippen molar-refractivity contribution in [3.8, 4) is 0 Å². The number of carbonyl (C=O) groups excluding carboxylic acids is 1. The van der Waals surface area contributed by atoms with Crippen LogP contribution in [0.1, 0.15) is 69.9 Å². The molecule has 2 atom stereocenters. The van der Waals surface area contributed by atoms with E-state index in [-0.39, 0.29) is 23.0 Å². The van der Waals surface area contributed by atoms with Crippen molar-refractivity contribution < 1.29 is 9.18 Å². The first-order valence-electron chi connectivity index (χ1n) is 9.04. The first-order chi connectivity index (χ1) is 12.4. The second-order valence-corrected chi connectivity index (χ2v) is 8.45. The van der Waals surface area contributed by atoms with Gasteiger partial charge in [0.1, 0.15) is 11.6 Å². The highest BCUT2D eigenvalue weighted by Crippen LogP contribution is 2.40. The molecule has 1 aliphatic carbocycles. The number of benzene rings is 1. The Labute approximate surface area is 157 Å². The van der Waals surface area contributed by atoms with Gasteiger partial charge in [-0.1, -0.05) is 37.7 Å². The first kappa shape index (κ1) is 18.9. The number of amides is 1. The molecule has 7 heteroatoms. The highest BCUT2D eigenvalue weighted by Gasteiger charge is 2.31. The minimum Gasteiger partial charge on any atom is -0.349 e. The molecule has 2 unspecified atom stereocenters. The fraction of sp³-hybridized carbons (Fsp3) is 0.526. The summed E-state index contributed by atoms with van der Waals surface area (Å²) in [5.41, 5.74) is 0.875. The van der Waals surface area contributed by atoms with Gasteiger partial charge in [-0.25, -0.2) is 4.39 Å². The van der Waals surface area contributed by atoms with E-state index < -0.39 is 0 Å². The van der Waals surface area contributed by atoms with Gasteiger partial charge in [0, 0.05) is 12.0 Å². The lowest BCUT2D eigenvalue weighted by Gasteiger charge is -2.18. The molecule has 1 fully saturated rings. The number of hydrogen-bond acceptors (Lipinski definition) is 4. The van der Waals surface area contributed by atoms with Crippen LogP contribution in [0.5, 0.6) is 0 Å². The highest BCUT2D eigenvalue weighted by atomic mass is 32.2. The largest absolute Gasteiger partial charge is 0.349 e. The number of rotatable bonds is 7. The Morgan fingerprint density at radius 1 is 1.19 bits per heavy atom. The van der Waals surface area contributed by atoms with Crippen LogP contribution in [-0.2, 0) is 4.79 Å². The zero-order valence-electron chi connectivity index (χ0n) is 15.6. The fourth-order valence-electron chi connectivity index (χ4n) is 2.82. The van der Waals surface area contributed by atoms with Crippen LogP contribution in [0.25, 0.3) is 0 Å². The predicted octanol–water partition coefficient (Wildman–Crippen LogP) is 4.23. The normalized spacial score (nSPS) is 16.5. The Morgan fingerprint density at radius 3 is 2.42 bits per heavy atom. The van der Waals surface area contributed by atoms with E-state index in [1.54, 1.807) is 12.1 Å². The molecular formula is C19H25FN4OS. The van der Waals surface area contributed by atoms with Crippen LogP contribution in [0, 0.1) is 5.82 Å². The van der Waals surface area contributed by atoms with E-state index in [9.17, 15) is 9.18 Å². The molecule has 2 aromatic rings. The Morgan fingerprint density at radius 2 is 1.85 bits per heavy atom. The summed E-state index contributed by atoms with van der Waals surface area (Å²) >= 11 is 1.44. The van der Waals surface area contributed by atoms with Gasteiger partial charge >= 0.3 is 0 Å². The lowest BCUT2D eigenvalue weighted by Crippen LogP contribution is -2.33. The summed E-state index contributed by atoms with van der Waals surface area (Å²) in [7, 11) is 0. The summed E-state index contributed by atoms with van der Waals surface area (Å²) in [5.74, 6) is 0.946. The maximum Gasteiger partial charge on any atom is 0.233 e. The average molecular weight is 377 g/mol. The molecule has 26 heavy (non-hydrogen) atoms. The summed E-state index contributed by atoms with van der Waals surface area (Å²) in [6.45, 7) is 7.99. The lowest BCUT2D eigenvalue weighted by atomic mass is 10.1. The molecule has 1 heterocycles. The topological polar surface area (TPSA) is 59.8 Å². The maximum atomic E-state index is 13.0. The number of hydrogen-bond donors (Lipinski definition) is 1. The van der Waals surface area contributed by atoms with Crippen LogP contribution in [0.4, 0.5) is 4.39 Å². The number of thioether (sulfide) groups is 1. The van der Waals surface area contributed by atoms with Crippen LogP contribution in [-0.4, -0.2) is 25.9 Å². The van der Waals surface area contributed by atoms with Crippen molar-refractivity contribution in [3.05, 3.63) is 41.5 Å². The molecule has 1 aromatic heterocycles. The lowest BCUT2D eigenvalue weighted by molar-refractivity contribution is -0.120. The van der Waals surface area contributed by atoms with E-state index in [0.29, 0.717) is 12.0 Å². The highest BCUT2D eigenvalue weighted by molar-refractivity contribution is 8.00. The molecule has 0 aliphatic heterocycles. The van der Waals surface area contributed by atoms with Crippen molar-refractivity contribution in [2.75, 3.05) is 0 Å². The number of nitrogens with zero attached hydrogens (tertiary/aromatic N) is 3. The van der Waals surface area contributed by atoms with Crippen molar-refractivity contribution in [2.24, 2.45) is 0 Å². The van der Waals surface area contributed by atoms with Crippen molar-refractivity contribution in [2.45, 2.75) is 68.9 Å². The minimum atomic E-state index is -0.292. The standard InChI is InChI=1S/C19H25FN4OS/c1-11(2)17-22-23-19(24(17)16-9-10-16)26-13(4)18(25)21-12(3)14-5-7-15(20)8-6-14/h5-8,11-13,16H,9-10H2,1-4H3,(H,21,25). The molecule has 1 amide bonds. The van der Waals surface area contributed by atoms with Gasteiger partial charge in [0.2, 0.25) is 5.91 Å². The first-order valence-corrected chi connectivity index (χ1v) is 9.92. The van der Waals surface area contributed by atoms with Gasteiger partial charge in [0.15, 0.2) is 5.16 Å².